The summed E-state index contributed by atoms with van der Waals surface area (Å²) in [5.74, 6) is 0. The van der Waals surface area contributed by atoms with Gasteiger partial charge in [0.25, 0.3) is 5.56 Å². The highest BCUT2D eigenvalue weighted by atomic mass is 35.5. The third-order valence-electron chi connectivity index (χ3n) is 4.72. The minimum Gasteiger partial charge on any atom is -0.344 e. The third-order valence-corrected chi connectivity index (χ3v) is 5.95. The second-order valence-electron chi connectivity index (χ2n) is 6.34. The van der Waals surface area contributed by atoms with Gasteiger partial charge in [-0.25, -0.2) is 9.38 Å². The van der Waals surface area contributed by atoms with E-state index in [4.69, 9.17) is 11.6 Å². The Morgan fingerprint density at radius 1 is 1.04 bits per heavy atom. The van der Waals surface area contributed by atoms with E-state index < -0.39 is 0 Å². The molecule has 0 saturated carbocycles. The van der Waals surface area contributed by atoms with Crippen molar-refractivity contribution in [3.05, 3.63) is 86.3 Å². The Kier molecular flexibility index (Phi) is 3.67. The molecular formula is C21H14ClN3OS. The van der Waals surface area contributed by atoms with Gasteiger partial charge >= 0.3 is 0 Å². The fourth-order valence-corrected chi connectivity index (χ4v) is 4.43. The van der Waals surface area contributed by atoms with Crippen LogP contribution in [0.4, 0.5) is 0 Å². The number of benzene rings is 2. The van der Waals surface area contributed by atoms with Crippen LogP contribution in [0.3, 0.4) is 0 Å². The SMILES string of the molecule is Cn1c(/C=c2\sc3nc4ccccc4n3c2=O)ccc1-c1ccc(Cl)cc1. The van der Waals surface area contributed by atoms with E-state index >= 15 is 0 Å². The number of imidazole rings is 1. The van der Waals surface area contributed by atoms with Gasteiger partial charge in [-0.2, -0.15) is 0 Å². The molecule has 3 aromatic heterocycles. The van der Waals surface area contributed by atoms with Crippen LogP contribution >= 0.6 is 22.9 Å². The smallest absolute Gasteiger partial charge is 0.275 e. The van der Waals surface area contributed by atoms with E-state index in [9.17, 15) is 4.79 Å². The zero-order chi connectivity index (χ0) is 18.5. The van der Waals surface area contributed by atoms with Crippen molar-refractivity contribution in [1.82, 2.24) is 14.0 Å². The fraction of sp³-hybridized carbons (Fsp3) is 0.0476. The van der Waals surface area contributed by atoms with Crippen LogP contribution in [0, 0.1) is 0 Å². The minimum absolute atomic E-state index is 0.0297. The number of fused-ring (bicyclic) bond motifs is 3. The molecule has 6 heteroatoms. The first-order chi connectivity index (χ1) is 13.1. The second kappa shape index (κ2) is 6.08. The van der Waals surface area contributed by atoms with Gasteiger partial charge < -0.3 is 4.57 Å². The van der Waals surface area contributed by atoms with Crippen LogP contribution < -0.4 is 10.1 Å². The predicted molar refractivity (Wildman–Crippen MR) is 111 cm³/mol. The number of hydrogen-bond acceptors (Lipinski definition) is 3. The molecule has 0 radical (unpaired) electrons. The zero-order valence-corrected chi connectivity index (χ0v) is 16.0. The van der Waals surface area contributed by atoms with E-state index in [2.05, 4.69) is 9.55 Å². The lowest BCUT2D eigenvalue weighted by Gasteiger charge is -2.05. The number of thiazole rings is 1. The van der Waals surface area contributed by atoms with Gasteiger partial charge in [0.05, 0.1) is 15.6 Å². The van der Waals surface area contributed by atoms with Crippen molar-refractivity contribution in [1.29, 1.82) is 0 Å². The van der Waals surface area contributed by atoms with Crippen LogP contribution in [0.5, 0.6) is 0 Å². The van der Waals surface area contributed by atoms with Gasteiger partial charge in [-0.15, -0.1) is 0 Å². The lowest BCUT2D eigenvalue weighted by atomic mass is 10.1. The van der Waals surface area contributed by atoms with Gasteiger partial charge in [0.15, 0.2) is 4.96 Å². The van der Waals surface area contributed by atoms with Crippen molar-refractivity contribution < 1.29 is 0 Å². The number of nitrogens with zero attached hydrogens (tertiary/aromatic N) is 3. The molecule has 0 unspecified atom stereocenters. The summed E-state index contributed by atoms with van der Waals surface area (Å²) in [5.41, 5.74) is 4.77. The minimum atomic E-state index is -0.0297. The maximum Gasteiger partial charge on any atom is 0.275 e. The Balaban J connectivity index is 1.66. The molecule has 4 nitrogen and oxygen atoms in total. The molecule has 5 rings (SSSR count). The average molecular weight is 392 g/mol. The number of aromatic nitrogens is 3. The van der Waals surface area contributed by atoms with Gasteiger partial charge in [-0.1, -0.05) is 47.2 Å². The fourth-order valence-electron chi connectivity index (χ4n) is 3.33. The highest BCUT2D eigenvalue weighted by Crippen LogP contribution is 2.24. The van der Waals surface area contributed by atoms with Crippen molar-refractivity contribution in [2.45, 2.75) is 0 Å². The van der Waals surface area contributed by atoms with E-state index in [0.717, 1.165) is 32.9 Å². The van der Waals surface area contributed by atoms with Gasteiger partial charge in [-0.3, -0.25) is 4.79 Å². The zero-order valence-electron chi connectivity index (χ0n) is 14.4. The highest BCUT2D eigenvalue weighted by molar-refractivity contribution is 7.15. The number of rotatable bonds is 2. The molecule has 0 saturated heterocycles. The predicted octanol–water partition coefficient (Wildman–Crippen LogP) is 4.12. The first kappa shape index (κ1) is 16.3. The van der Waals surface area contributed by atoms with E-state index in [0.29, 0.717) is 9.55 Å². The molecule has 3 heterocycles. The molecule has 0 N–H and O–H groups in total. The van der Waals surface area contributed by atoms with Crippen molar-refractivity contribution in [2.75, 3.05) is 0 Å². The lowest BCUT2D eigenvalue weighted by Crippen LogP contribution is -2.23. The van der Waals surface area contributed by atoms with Gasteiger partial charge in [0.1, 0.15) is 0 Å². The number of para-hydroxylation sites is 2. The number of hydrogen-bond donors (Lipinski definition) is 0. The van der Waals surface area contributed by atoms with Crippen LogP contribution in [0.25, 0.3) is 33.3 Å². The van der Waals surface area contributed by atoms with E-state index in [1.54, 1.807) is 4.40 Å². The first-order valence-corrected chi connectivity index (χ1v) is 9.65. The van der Waals surface area contributed by atoms with Crippen molar-refractivity contribution in [3.8, 4) is 11.3 Å². The van der Waals surface area contributed by atoms with Crippen LogP contribution in [0.2, 0.25) is 5.02 Å². The molecule has 132 valence electrons. The van der Waals surface area contributed by atoms with Crippen LogP contribution in [-0.2, 0) is 7.05 Å². The van der Waals surface area contributed by atoms with E-state index in [1.807, 2.05) is 73.8 Å². The molecule has 5 aromatic rings. The second-order valence-corrected chi connectivity index (χ2v) is 7.79. The summed E-state index contributed by atoms with van der Waals surface area (Å²) in [6.07, 6.45) is 1.93. The maximum atomic E-state index is 12.9. The van der Waals surface area contributed by atoms with E-state index in [-0.39, 0.29) is 5.56 Å². The van der Waals surface area contributed by atoms with Crippen molar-refractivity contribution in [2.24, 2.45) is 7.05 Å². The topological polar surface area (TPSA) is 39.3 Å². The molecule has 0 bridgehead atoms. The number of halogens is 1. The standard InChI is InChI=1S/C21H14ClN3OS/c1-24-15(10-11-17(24)13-6-8-14(22)9-7-13)12-19-20(26)25-18-5-3-2-4-16(18)23-21(25)27-19/h2-12H,1H3/b19-12-. The van der Waals surface area contributed by atoms with Crippen LogP contribution in [-0.4, -0.2) is 14.0 Å². The lowest BCUT2D eigenvalue weighted by molar-refractivity contribution is 0.923. The Morgan fingerprint density at radius 2 is 1.81 bits per heavy atom. The maximum absolute atomic E-state index is 12.9. The van der Waals surface area contributed by atoms with Crippen LogP contribution in [0.15, 0.2) is 65.5 Å². The third kappa shape index (κ3) is 2.59. The Morgan fingerprint density at radius 3 is 2.63 bits per heavy atom. The Hall–Kier alpha value is -2.89. The molecule has 0 aliphatic rings. The molecule has 27 heavy (non-hydrogen) atoms. The quantitative estimate of drug-likeness (QED) is 0.454. The largest absolute Gasteiger partial charge is 0.344 e. The normalized spacial score (nSPS) is 12.4. The van der Waals surface area contributed by atoms with Gasteiger partial charge in [0.2, 0.25) is 0 Å². The molecule has 2 aromatic carbocycles. The summed E-state index contributed by atoms with van der Waals surface area (Å²) in [6.45, 7) is 0. The average Bonchev–Trinajstić information content (AvgIpc) is 3.30. The van der Waals surface area contributed by atoms with Gasteiger partial charge in [0, 0.05) is 23.5 Å². The molecule has 0 aliphatic heterocycles. The van der Waals surface area contributed by atoms with Crippen molar-refractivity contribution in [3.63, 3.8) is 0 Å². The monoisotopic (exact) mass is 391 g/mol. The highest BCUT2D eigenvalue weighted by Gasteiger charge is 2.11. The summed E-state index contributed by atoms with van der Waals surface area (Å²) in [7, 11) is 1.99. The van der Waals surface area contributed by atoms with Gasteiger partial charge in [-0.05, 0) is 48.0 Å². The van der Waals surface area contributed by atoms with Crippen molar-refractivity contribution >= 4 is 45.0 Å². The molecule has 0 atom stereocenters. The molecule has 0 fully saturated rings. The molecule has 0 aliphatic carbocycles. The van der Waals surface area contributed by atoms with Crippen LogP contribution in [0.1, 0.15) is 5.69 Å². The first-order valence-electron chi connectivity index (χ1n) is 8.45. The summed E-state index contributed by atoms with van der Waals surface area (Å²) in [4.78, 5) is 18.2. The molecular weight excluding hydrogens is 378 g/mol. The Labute approximate surface area is 163 Å². The Bertz CT molecular complexity index is 1410. The summed E-state index contributed by atoms with van der Waals surface area (Å²) in [5, 5.41) is 0.713. The summed E-state index contributed by atoms with van der Waals surface area (Å²) >= 11 is 7.40. The summed E-state index contributed by atoms with van der Waals surface area (Å²) in [6, 6.07) is 19.5. The molecule has 0 spiro atoms. The molecule has 0 amide bonds. The van der Waals surface area contributed by atoms with E-state index in [1.165, 1.54) is 11.3 Å². The summed E-state index contributed by atoms with van der Waals surface area (Å²) < 4.78 is 4.44.